The van der Waals surface area contributed by atoms with Gasteiger partial charge in [0.25, 0.3) is 0 Å². The average Bonchev–Trinajstić information content (AvgIpc) is 3.59. The van der Waals surface area contributed by atoms with Crippen LogP contribution >= 0.6 is 19.4 Å². The van der Waals surface area contributed by atoms with Crippen LogP contribution in [0.1, 0.15) is 47.4 Å². The van der Waals surface area contributed by atoms with Gasteiger partial charge in [0, 0.05) is 36.0 Å². The maximum Gasteiger partial charge on any atom is 0.530 e. The molecule has 0 spiro atoms. The molecule has 11 heteroatoms. The Balaban J connectivity index is 1.24. The van der Waals surface area contributed by atoms with Gasteiger partial charge < -0.3 is 19.1 Å². The highest BCUT2D eigenvalue weighted by Crippen LogP contribution is 2.74. The summed E-state index contributed by atoms with van der Waals surface area (Å²) in [7, 11) is -2.82. The van der Waals surface area contributed by atoms with Gasteiger partial charge in [-0.25, -0.2) is 4.57 Å². The van der Waals surface area contributed by atoms with Gasteiger partial charge in [0.2, 0.25) is 5.91 Å². The number of benzene rings is 3. The minimum atomic E-state index is -4.20. The molecule has 0 radical (unpaired) electrons. The quantitative estimate of drug-likeness (QED) is 0.103. The number of hydrogen-bond donors (Lipinski definition) is 1. The molecule has 3 saturated carbocycles. The summed E-state index contributed by atoms with van der Waals surface area (Å²) in [4.78, 5) is 31.5. The van der Waals surface area contributed by atoms with Crippen molar-refractivity contribution in [3.8, 4) is 5.75 Å². The Bertz CT molecular complexity index is 1760. The monoisotopic (exact) mass is 648 g/mol. The van der Waals surface area contributed by atoms with Crippen LogP contribution in [0.4, 0.5) is 5.69 Å². The fourth-order valence-electron chi connectivity index (χ4n) is 7.30. The molecule has 2 bridgehead atoms. The molecule has 9 nitrogen and oxygen atoms in total. The maximum atomic E-state index is 14.3. The number of carbonyl (C=O) groups is 2. The number of phosphoric ester groups is 1. The number of nitrogens with one attached hydrogen (secondary N) is 1. The molecule has 4 aromatic rings. The summed E-state index contributed by atoms with van der Waals surface area (Å²) in [6.45, 7) is 2.39. The van der Waals surface area contributed by atoms with E-state index >= 15 is 0 Å². The summed E-state index contributed by atoms with van der Waals surface area (Å²) >= 11 is 6.50. The zero-order valence-corrected chi connectivity index (χ0v) is 26.7. The Kier molecular flexibility index (Phi) is 7.56. The summed E-state index contributed by atoms with van der Waals surface area (Å²) in [5, 5.41) is 0.866. The number of phosphoric acid groups is 1. The second-order valence-corrected chi connectivity index (χ2v) is 14.3. The molecule has 3 fully saturated rings. The number of aromatic nitrogens is 1. The molecule has 3 aromatic carbocycles. The van der Waals surface area contributed by atoms with Gasteiger partial charge in [-0.15, -0.1) is 11.6 Å². The second-order valence-electron chi connectivity index (χ2n) is 12.4. The van der Waals surface area contributed by atoms with E-state index in [1.807, 2.05) is 73.8 Å². The number of H-pyrrole nitrogens is 1. The first-order valence-corrected chi connectivity index (χ1v) is 17.0. The number of anilines is 1. The number of fused-ring (bicyclic) bond motifs is 3. The van der Waals surface area contributed by atoms with Crippen LogP contribution in [0, 0.1) is 17.8 Å². The first kappa shape index (κ1) is 30.1. The number of aryl methyl sites for hydroxylation is 1. The largest absolute Gasteiger partial charge is 0.530 e. The molecule has 1 amide bonds. The van der Waals surface area contributed by atoms with Crippen LogP contribution in [0.2, 0.25) is 0 Å². The minimum absolute atomic E-state index is 0.00808. The highest BCUT2D eigenvalue weighted by molar-refractivity contribution is 7.48. The van der Waals surface area contributed by atoms with E-state index in [1.165, 1.54) is 7.11 Å². The third kappa shape index (κ3) is 5.06. The normalized spacial score (nSPS) is 23.3. The van der Waals surface area contributed by atoms with Crippen molar-refractivity contribution in [2.75, 3.05) is 24.4 Å². The van der Waals surface area contributed by atoms with E-state index in [2.05, 4.69) is 4.98 Å². The van der Waals surface area contributed by atoms with Crippen LogP contribution < -0.4 is 9.42 Å². The number of ether oxygens (including phenoxy) is 1. The van der Waals surface area contributed by atoms with E-state index in [-0.39, 0.29) is 36.8 Å². The third-order valence-electron chi connectivity index (χ3n) is 9.45. The number of rotatable bonds is 11. The summed E-state index contributed by atoms with van der Waals surface area (Å²) < 4.78 is 37.4. The Morgan fingerprint density at radius 3 is 2.13 bits per heavy atom. The van der Waals surface area contributed by atoms with Crippen molar-refractivity contribution in [2.24, 2.45) is 10.8 Å². The van der Waals surface area contributed by atoms with E-state index in [9.17, 15) is 14.2 Å². The van der Waals surface area contributed by atoms with Crippen molar-refractivity contribution in [2.45, 2.75) is 45.3 Å². The first-order valence-electron chi connectivity index (χ1n) is 15.0. The van der Waals surface area contributed by atoms with Gasteiger partial charge in [-0.3, -0.25) is 18.6 Å². The number of hydrogen-bond acceptors (Lipinski definition) is 7. The molecule has 0 saturated heterocycles. The Morgan fingerprint density at radius 2 is 1.58 bits per heavy atom. The lowest BCUT2D eigenvalue weighted by atomic mass is 9.34. The number of esters is 1. The number of methoxy groups -OCH3 is 1. The van der Waals surface area contributed by atoms with Crippen molar-refractivity contribution in [3.63, 3.8) is 0 Å². The summed E-state index contributed by atoms with van der Waals surface area (Å²) in [5.74, 6) is 0.158. The maximum absolute atomic E-state index is 14.3. The predicted octanol–water partition coefficient (Wildman–Crippen LogP) is 7.41. The van der Waals surface area contributed by atoms with Gasteiger partial charge in [0.05, 0.1) is 42.4 Å². The molecule has 2 heterocycles. The van der Waals surface area contributed by atoms with E-state index in [0.29, 0.717) is 42.9 Å². The average molecular weight is 649 g/mol. The molecule has 3 aliphatic carbocycles. The molecule has 1 aromatic heterocycles. The Labute approximate surface area is 266 Å². The highest BCUT2D eigenvalue weighted by Gasteiger charge is 2.76. The number of aromatic amines is 1. The van der Waals surface area contributed by atoms with Crippen molar-refractivity contribution in [1.29, 1.82) is 0 Å². The second kappa shape index (κ2) is 11.3. The molecule has 8 rings (SSSR count). The SMILES string of the molecule is COC(=O)C12CC(C(=O)N3C[C@@H](CCl)c4c3cc(OP(=O)(OCc3ccccc3)OCc3ccccc3)c3[nH]cc(C)c43)(C1)C2. The van der Waals surface area contributed by atoms with Crippen molar-refractivity contribution < 1.29 is 32.5 Å². The fraction of sp³-hybridized carbons (Fsp3) is 0.353. The van der Waals surface area contributed by atoms with Gasteiger partial charge in [-0.1, -0.05) is 60.7 Å². The standard InChI is InChI=1S/C34H34ClN2O7P/c1-22-15-36-30-27(44-45(40,42-17-23-9-5-3-6-10-23)43-18-24-11-7-4-8-12-24)13-26-29(28(22)30)25(14-35)16-37(26)31(38)33-19-34(20-33,21-33)32(39)41-2/h3-13,15,25,36H,14,16-21H2,1-2H3/t25-,33?,34?/m1/s1. The molecule has 234 valence electrons. The third-order valence-corrected chi connectivity index (χ3v) is 11.1. The smallest absolute Gasteiger partial charge is 0.469 e. The van der Waals surface area contributed by atoms with Crippen molar-refractivity contribution in [1.82, 2.24) is 4.98 Å². The van der Waals surface area contributed by atoms with Crippen LogP contribution in [0.5, 0.6) is 5.75 Å². The molecule has 4 aliphatic rings. The molecule has 1 aliphatic heterocycles. The minimum Gasteiger partial charge on any atom is -0.469 e. The molecule has 1 N–H and O–H groups in total. The fourth-order valence-corrected chi connectivity index (χ4v) is 8.73. The molecule has 1 atom stereocenters. The number of nitrogens with zero attached hydrogens (tertiary/aromatic N) is 1. The Hall–Kier alpha value is -3.62. The van der Waals surface area contributed by atoms with Gasteiger partial charge in [-0.05, 0) is 48.4 Å². The first-order chi connectivity index (χ1) is 21.7. The van der Waals surface area contributed by atoms with E-state index in [0.717, 1.165) is 27.6 Å². The van der Waals surface area contributed by atoms with Crippen molar-refractivity contribution >= 4 is 47.9 Å². The van der Waals surface area contributed by atoms with Gasteiger partial charge in [0.1, 0.15) is 0 Å². The lowest BCUT2D eigenvalue weighted by Crippen LogP contribution is -2.71. The number of alkyl halides is 1. The zero-order chi connectivity index (χ0) is 31.4. The van der Waals surface area contributed by atoms with Gasteiger partial charge in [0.15, 0.2) is 5.75 Å². The lowest BCUT2D eigenvalue weighted by Gasteiger charge is -2.67. The zero-order valence-electron chi connectivity index (χ0n) is 25.1. The van der Waals surface area contributed by atoms with E-state index < -0.39 is 18.7 Å². The number of halogens is 1. The van der Waals surface area contributed by atoms with Crippen LogP contribution in [-0.4, -0.2) is 36.4 Å². The van der Waals surface area contributed by atoms with Crippen LogP contribution in [-0.2, 0) is 41.2 Å². The molecule has 0 unspecified atom stereocenters. The van der Waals surface area contributed by atoms with E-state index in [1.54, 1.807) is 11.0 Å². The Morgan fingerprint density at radius 1 is 0.978 bits per heavy atom. The lowest BCUT2D eigenvalue weighted by molar-refractivity contribution is -0.221. The van der Waals surface area contributed by atoms with E-state index in [4.69, 9.17) is 29.9 Å². The topological polar surface area (TPSA) is 107 Å². The predicted molar refractivity (Wildman–Crippen MR) is 170 cm³/mol. The molecular formula is C34H34ClN2O7P. The van der Waals surface area contributed by atoms with Crippen molar-refractivity contribution in [3.05, 3.63) is 95.2 Å². The summed E-state index contributed by atoms with van der Waals surface area (Å²) in [6, 6.07) is 20.5. The number of carbonyl (C=O) groups excluding carboxylic acids is 2. The highest BCUT2D eigenvalue weighted by atomic mass is 35.5. The van der Waals surface area contributed by atoms with Crippen LogP contribution in [0.15, 0.2) is 72.9 Å². The molecular weight excluding hydrogens is 615 g/mol. The van der Waals surface area contributed by atoms with Gasteiger partial charge >= 0.3 is 13.8 Å². The van der Waals surface area contributed by atoms with Crippen LogP contribution in [0.3, 0.4) is 0 Å². The summed E-state index contributed by atoms with van der Waals surface area (Å²) in [6.07, 6.45) is 3.30. The van der Waals surface area contributed by atoms with Crippen LogP contribution in [0.25, 0.3) is 10.9 Å². The van der Waals surface area contributed by atoms with Gasteiger partial charge in [-0.2, -0.15) is 0 Å². The summed E-state index contributed by atoms with van der Waals surface area (Å²) in [5.41, 5.74) is 3.64. The molecule has 45 heavy (non-hydrogen) atoms. The number of amides is 1.